The molecule has 154 valence electrons. The van der Waals surface area contributed by atoms with Gasteiger partial charge in [-0.05, 0) is 24.1 Å². The SMILES string of the molecule is C#CCOc1cc(CNC(=NC)NC2CCN(CC(F)(F)F)C2)ccc1OC. The van der Waals surface area contributed by atoms with Gasteiger partial charge in [-0.1, -0.05) is 12.0 Å². The zero-order chi connectivity index (χ0) is 20.6. The van der Waals surface area contributed by atoms with Gasteiger partial charge in [0.05, 0.1) is 13.7 Å². The van der Waals surface area contributed by atoms with Crippen LogP contribution in [0.1, 0.15) is 12.0 Å². The number of aliphatic imine (C=N–C) groups is 1. The van der Waals surface area contributed by atoms with Gasteiger partial charge in [0.2, 0.25) is 0 Å². The molecule has 1 saturated heterocycles. The number of halogens is 3. The lowest BCUT2D eigenvalue weighted by molar-refractivity contribution is -0.143. The summed E-state index contributed by atoms with van der Waals surface area (Å²) in [5.74, 6) is 4.06. The number of ether oxygens (including phenoxy) is 2. The Balaban J connectivity index is 1.88. The molecule has 0 bridgehead atoms. The Morgan fingerprint density at radius 1 is 1.39 bits per heavy atom. The number of hydrogen-bond donors (Lipinski definition) is 2. The maximum Gasteiger partial charge on any atom is 0.401 e. The molecule has 9 heteroatoms. The fourth-order valence-electron chi connectivity index (χ4n) is 2.98. The molecule has 1 unspecified atom stereocenters. The number of nitrogens with one attached hydrogen (secondary N) is 2. The van der Waals surface area contributed by atoms with Crippen LogP contribution in [0.3, 0.4) is 0 Å². The number of likely N-dealkylation sites (tertiary alicyclic amines) is 1. The van der Waals surface area contributed by atoms with Crippen molar-refractivity contribution in [1.82, 2.24) is 15.5 Å². The molecule has 0 aliphatic carbocycles. The highest BCUT2D eigenvalue weighted by Crippen LogP contribution is 2.28. The molecule has 0 amide bonds. The Morgan fingerprint density at radius 3 is 2.82 bits per heavy atom. The Morgan fingerprint density at radius 2 is 2.18 bits per heavy atom. The first kappa shape index (κ1) is 21.7. The molecule has 2 N–H and O–H groups in total. The second-order valence-electron chi connectivity index (χ2n) is 6.38. The number of nitrogens with zero attached hydrogens (tertiary/aromatic N) is 2. The van der Waals surface area contributed by atoms with Crippen molar-refractivity contribution < 1.29 is 22.6 Å². The third kappa shape index (κ3) is 6.85. The molecule has 0 spiro atoms. The van der Waals surface area contributed by atoms with Crippen molar-refractivity contribution in [1.29, 1.82) is 0 Å². The summed E-state index contributed by atoms with van der Waals surface area (Å²) >= 11 is 0. The summed E-state index contributed by atoms with van der Waals surface area (Å²) in [6, 6.07) is 5.39. The predicted octanol–water partition coefficient (Wildman–Crippen LogP) is 2.01. The second-order valence-corrected chi connectivity index (χ2v) is 6.38. The maximum absolute atomic E-state index is 12.5. The Kier molecular flexibility index (Phi) is 7.81. The van der Waals surface area contributed by atoms with Crippen LogP contribution in [0.15, 0.2) is 23.2 Å². The van der Waals surface area contributed by atoms with E-state index in [9.17, 15) is 13.2 Å². The third-order valence-electron chi connectivity index (χ3n) is 4.24. The minimum Gasteiger partial charge on any atom is -0.493 e. The fourth-order valence-corrected chi connectivity index (χ4v) is 2.98. The van der Waals surface area contributed by atoms with Crippen molar-refractivity contribution in [3.63, 3.8) is 0 Å². The highest BCUT2D eigenvalue weighted by atomic mass is 19.4. The van der Waals surface area contributed by atoms with Crippen molar-refractivity contribution >= 4 is 5.96 Å². The molecule has 1 aliphatic heterocycles. The van der Waals surface area contributed by atoms with E-state index >= 15 is 0 Å². The third-order valence-corrected chi connectivity index (χ3v) is 4.24. The van der Waals surface area contributed by atoms with Crippen LogP contribution in [-0.4, -0.2) is 63.5 Å². The minimum absolute atomic E-state index is 0.0843. The van der Waals surface area contributed by atoms with Crippen molar-refractivity contribution in [2.24, 2.45) is 4.99 Å². The number of alkyl halides is 3. The molecule has 1 aliphatic rings. The van der Waals surface area contributed by atoms with Gasteiger partial charge in [0.25, 0.3) is 0 Å². The largest absolute Gasteiger partial charge is 0.493 e. The van der Waals surface area contributed by atoms with E-state index in [0.29, 0.717) is 43.5 Å². The predicted molar refractivity (Wildman–Crippen MR) is 102 cm³/mol. The highest BCUT2D eigenvalue weighted by molar-refractivity contribution is 5.80. The van der Waals surface area contributed by atoms with Crippen molar-refractivity contribution in [2.75, 3.05) is 40.4 Å². The zero-order valence-corrected chi connectivity index (χ0v) is 16.0. The molecule has 1 heterocycles. The van der Waals surface area contributed by atoms with Crippen LogP contribution in [0, 0.1) is 12.3 Å². The van der Waals surface area contributed by atoms with E-state index in [-0.39, 0.29) is 12.6 Å². The monoisotopic (exact) mass is 398 g/mol. The molecule has 1 atom stereocenters. The second kappa shape index (κ2) is 10.1. The van der Waals surface area contributed by atoms with E-state index < -0.39 is 12.7 Å². The van der Waals surface area contributed by atoms with Gasteiger partial charge in [-0.25, -0.2) is 0 Å². The number of benzene rings is 1. The maximum atomic E-state index is 12.5. The average molecular weight is 398 g/mol. The van der Waals surface area contributed by atoms with Crippen LogP contribution in [0.5, 0.6) is 11.5 Å². The molecule has 2 rings (SSSR count). The number of guanidine groups is 1. The van der Waals surface area contributed by atoms with E-state index in [1.807, 2.05) is 12.1 Å². The molecular formula is C19H25F3N4O2. The molecule has 1 fully saturated rings. The van der Waals surface area contributed by atoms with Gasteiger partial charge in [-0.15, -0.1) is 6.42 Å². The summed E-state index contributed by atoms with van der Waals surface area (Å²) in [6.45, 7) is 0.431. The van der Waals surface area contributed by atoms with Gasteiger partial charge in [-0.2, -0.15) is 13.2 Å². The molecule has 0 radical (unpaired) electrons. The zero-order valence-electron chi connectivity index (χ0n) is 16.0. The van der Waals surface area contributed by atoms with Crippen LogP contribution in [0.2, 0.25) is 0 Å². The van der Waals surface area contributed by atoms with Gasteiger partial charge in [0, 0.05) is 32.7 Å². The van der Waals surface area contributed by atoms with Crippen LogP contribution in [-0.2, 0) is 6.54 Å². The average Bonchev–Trinajstić information content (AvgIpc) is 3.08. The minimum atomic E-state index is -4.18. The lowest BCUT2D eigenvalue weighted by Crippen LogP contribution is -2.44. The standard InChI is InChI=1S/C19H25F3N4O2/c1-4-9-28-17-10-14(5-6-16(17)27-3)11-24-18(23-2)25-15-7-8-26(12-15)13-19(20,21)22/h1,5-6,10,15H,7-9,11-13H2,2-3H3,(H2,23,24,25). The number of hydrogen-bond acceptors (Lipinski definition) is 4. The molecular weight excluding hydrogens is 373 g/mol. The quantitative estimate of drug-likeness (QED) is 0.418. The molecule has 1 aromatic carbocycles. The Bertz CT molecular complexity index is 716. The first-order chi connectivity index (χ1) is 13.3. The smallest absolute Gasteiger partial charge is 0.401 e. The van der Waals surface area contributed by atoms with Crippen LogP contribution in [0.25, 0.3) is 0 Å². The van der Waals surface area contributed by atoms with E-state index in [1.165, 1.54) is 4.90 Å². The summed E-state index contributed by atoms with van der Waals surface area (Å²) in [4.78, 5) is 5.54. The lowest BCUT2D eigenvalue weighted by atomic mass is 10.2. The van der Waals surface area contributed by atoms with Crippen LogP contribution in [0.4, 0.5) is 13.2 Å². The van der Waals surface area contributed by atoms with E-state index in [2.05, 4.69) is 21.5 Å². The summed E-state index contributed by atoms with van der Waals surface area (Å²) in [6.07, 6.45) is 1.68. The summed E-state index contributed by atoms with van der Waals surface area (Å²) in [5.41, 5.74) is 0.917. The van der Waals surface area contributed by atoms with E-state index in [1.54, 1.807) is 20.2 Å². The lowest BCUT2D eigenvalue weighted by Gasteiger charge is -2.20. The molecule has 1 aromatic rings. The first-order valence-corrected chi connectivity index (χ1v) is 8.84. The molecule has 0 saturated carbocycles. The van der Waals surface area contributed by atoms with E-state index in [0.717, 1.165) is 5.56 Å². The number of rotatable bonds is 7. The first-order valence-electron chi connectivity index (χ1n) is 8.84. The molecule has 6 nitrogen and oxygen atoms in total. The molecule has 28 heavy (non-hydrogen) atoms. The molecule has 0 aromatic heterocycles. The highest BCUT2D eigenvalue weighted by Gasteiger charge is 2.34. The van der Waals surface area contributed by atoms with E-state index in [4.69, 9.17) is 15.9 Å². The van der Waals surface area contributed by atoms with Gasteiger partial charge < -0.3 is 20.1 Å². The Hall–Kier alpha value is -2.60. The van der Waals surface area contributed by atoms with Crippen molar-refractivity contribution in [3.05, 3.63) is 23.8 Å². The summed E-state index contributed by atoms with van der Waals surface area (Å²) in [7, 11) is 3.17. The van der Waals surface area contributed by atoms with Crippen LogP contribution >= 0.6 is 0 Å². The topological polar surface area (TPSA) is 58.1 Å². The summed E-state index contributed by atoms with van der Waals surface area (Å²) in [5, 5.41) is 6.33. The number of terminal acetylenes is 1. The van der Waals surface area contributed by atoms with Gasteiger partial charge in [0.15, 0.2) is 17.5 Å². The van der Waals surface area contributed by atoms with Crippen LogP contribution < -0.4 is 20.1 Å². The normalized spacial score (nSPS) is 17.9. The van der Waals surface area contributed by atoms with Gasteiger partial charge >= 0.3 is 6.18 Å². The van der Waals surface area contributed by atoms with Gasteiger partial charge in [-0.3, -0.25) is 9.89 Å². The van der Waals surface area contributed by atoms with Crippen molar-refractivity contribution in [2.45, 2.75) is 25.2 Å². The Labute approximate surface area is 163 Å². The van der Waals surface area contributed by atoms with Crippen molar-refractivity contribution in [3.8, 4) is 23.8 Å². The number of methoxy groups -OCH3 is 1. The summed E-state index contributed by atoms with van der Waals surface area (Å²) < 4.78 is 48.2. The fraction of sp³-hybridized carbons (Fsp3) is 0.526. The van der Waals surface area contributed by atoms with Gasteiger partial charge in [0.1, 0.15) is 6.61 Å².